The molecule has 0 bridgehead atoms. The van der Waals surface area contributed by atoms with E-state index >= 15 is 0 Å². The van der Waals surface area contributed by atoms with Crippen molar-refractivity contribution in [3.63, 3.8) is 0 Å². The molecular weight excluding hydrogens is 370 g/mol. The van der Waals surface area contributed by atoms with Crippen LogP contribution in [0, 0.1) is 11.8 Å². The van der Waals surface area contributed by atoms with Gasteiger partial charge in [0.1, 0.15) is 5.54 Å². The topological polar surface area (TPSA) is 98.7 Å². The second kappa shape index (κ2) is 6.23. The van der Waals surface area contributed by atoms with Gasteiger partial charge in [-0.25, -0.2) is 0 Å². The molecule has 0 saturated carbocycles. The van der Waals surface area contributed by atoms with E-state index in [1.165, 1.54) is 4.90 Å². The van der Waals surface area contributed by atoms with Gasteiger partial charge in [0.05, 0.1) is 24.5 Å². The molecule has 7 heteroatoms. The molecule has 0 aromatic heterocycles. The first kappa shape index (κ1) is 18.0. The molecule has 2 saturated heterocycles. The van der Waals surface area contributed by atoms with Crippen LogP contribution >= 0.6 is 0 Å². The number of likely N-dealkylation sites (tertiary alicyclic amines) is 1. The first-order chi connectivity index (χ1) is 13.9. The van der Waals surface area contributed by atoms with Crippen molar-refractivity contribution in [2.45, 2.75) is 31.2 Å². The second-order valence-corrected chi connectivity index (χ2v) is 7.97. The molecule has 5 rings (SSSR count). The predicted octanol–water partition coefficient (Wildman–Crippen LogP) is 0.988. The Morgan fingerprint density at radius 3 is 2.45 bits per heavy atom. The molecule has 0 unspecified atom stereocenters. The molecule has 2 aromatic carbocycles. The highest BCUT2D eigenvalue weighted by Crippen LogP contribution is 2.53. The van der Waals surface area contributed by atoms with E-state index in [9.17, 15) is 19.5 Å². The Morgan fingerprint density at radius 2 is 1.72 bits per heavy atom. The molecular formula is C22H21N3O4. The SMILES string of the molecule is C[C@@H](O)[C@H]1N[C@]2(C(=O)Nc3ccccc32)[C@@H]2C(=O)N(Cc3ccccc3)C(=O)[C@@H]12. The number of rotatable bonds is 3. The molecule has 0 aliphatic carbocycles. The van der Waals surface area contributed by atoms with Gasteiger partial charge in [-0.05, 0) is 18.6 Å². The highest BCUT2D eigenvalue weighted by Gasteiger charge is 2.70. The lowest BCUT2D eigenvalue weighted by Gasteiger charge is -2.30. The first-order valence-electron chi connectivity index (χ1n) is 9.71. The fourth-order valence-electron chi connectivity index (χ4n) is 5.08. The molecule has 7 nitrogen and oxygen atoms in total. The molecule has 3 aliphatic rings. The number of aliphatic hydroxyl groups excluding tert-OH is 1. The number of nitrogens with one attached hydrogen (secondary N) is 2. The van der Waals surface area contributed by atoms with Crippen molar-refractivity contribution in [2.75, 3.05) is 5.32 Å². The average Bonchev–Trinajstić information content (AvgIpc) is 3.30. The quantitative estimate of drug-likeness (QED) is 0.678. The zero-order chi connectivity index (χ0) is 20.3. The van der Waals surface area contributed by atoms with Gasteiger partial charge in [-0.15, -0.1) is 0 Å². The van der Waals surface area contributed by atoms with Crippen molar-refractivity contribution in [3.05, 3.63) is 65.7 Å². The Balaban J connectivity index is 1.62. The van der Waals surface area contributed by atoms with Crippen LogP contribution in [-0.2, 0) is 26.5 Å². The van der Waals surface area contributed by atoms with E-state index in [-0.39, 0.29) is 24.3 Å². The van der Waals surface area contributed by atoms with E-state index in [1.54, 1.807) is 31.2 Å². The molecule has 3 aliphatic heterocycles. The third-order valence-corrected chi connectivity index (χ3v) is 6.35. The van der Waals surface area contributed by atoms with Gasteiger partial charge in [0.2, 0.25) is 17.7 Å². The monoisotopic (exact) mass is 391 g/mol. The summed E-state index contributed by atoms with van der Waals surface area (Å²) < 4.78 is 0. The number of aliphatic hydroxyl groups is 1. The summed E-state index contributed by atoms with van der Waals surface area (Å²) in [4.78, 5) is 41.2. The standard InChI is InChI=1S/C22H21N3O4/c1-12(26)18-16-17(20(28)25(19(16)27)11-13-7-3-2-4-8-13)22(24-18)14-9-5-6-10-15(14)23-21(22)29/h2-10,12,16-18,24,26H,11H2,1H3,(H,23,29)/t12-,16-,17+,18-,22+/m1/s1. The molecule has 0 radical (unpaired) electrons. The number of hydrogen-bond acceptors (Lipinski definition) is 5. The lowest BCUT2D eigenvalue weighted by Crippen LogP contribution is -2.54. The summed E-state index contributed by atoms with van der Waals surface area (Å²) in [6.45, 7) is 1.72. The number of benzene rings is 2. The Labute approximate surface area is 167 Å². The minimum Gasteiger partial charge on any atom is -0.392 e. The Bertz CT molecular complexity index is 1020. The van der Waals surface area contributed by atoms with E-state index in [4.69, 9.17) is 0 Å². The smallest absolute Gasteiger partial charge is 0.250 e. The number of para-hydroxylation sites is 1. The minimum atomic E-state index is -1.36. The summed E-state index contributed by atoms with van der Waals surface area (Å²) in [6.07, 6.45) is -0.907. The summed E-state index contributed by atoms with van der Waals surface area (Å²) in [6, 6.07) is 15.8. The Hall–Kier alpha value is -3.03. The van der Waals surface area contributed by atoms with E-state index in [0.29, 0.717) is 11.3 Å². The van der Waals surface area contributed by atoms with Crippen LogP contribution in [-0.4, -0.2) is 39.9 Å². The molecule has 5 atom stereocenters. The van der Waals surface area contributed by atoms with Gasteiger partial charge in [-0.2, -0.15) is 0 Å². The van der Waals surface area contributed by atoms with E-state index in [0.717, 1.165) is 5.56 Å². The van der Waals surface area contributed by atoms with Crippen LogP contribution in [0.5, 0.6) is 0 Å². The van der Waals surface area contributed by atoms with Gasteiger partial charge in [0.25, 0.3) is 0 Å². The van der Waals surface area contributed by atoms with E-state index in [2.05, 4.69) is 10.6 Å². The number of nitrogens with zero attached hydrogens (tertiary/aromatic N) is 1. The number of carbonyl (C=O) groups excluding carboxylic acids is 3. The van der Waals surface area contributed by atoms with Crippen molar-refractivity contribution >= 4 is 23.4 Å². The molecule has 1 spiro atoms. The molecule has 3 N–H and O–H groups in total. The van der Waals surface area contributed by atoms with Crippen LogP contribution in [0.1, 0.15) is 18.1 Å². The molecule has 29 heavy (non-hydrogen) atoms. The highest BCUT2D eigenvalue weighted by molar-refractivity contribution is 6.15. The summed E-state index contributed by atoms with van der Waals surface area (Å²) in [5, 5.41) is 16.4. The van der Waals surface area contributed by atoms with Crippen LogP contribution in [0.3, 0.4) is 0 Å². The summed E-state index contributed by atoms with van der Waals surface area (Å²) >= 11 is 0. The molecule has 3 amide bonds. The van der Waals surface area contributed by atoms with Gasteiger partial charge in [0, 0.05) is 17.3 Å². The van der Waals surface area contributed by atoms with Crippen LogP contribution in [0.25, 0.3) is 0 Å². The van der Waals surface area contributed by atoms with Crippen molar-refractivity contribution in [1.29, 1.82) is 0 Å². The first-order valence-corrected chi connectivity index (χ1v) is 9.71. The molecule has 2 aromatic rings. The highest BCUT2D eigenvalue weighted by atomic mass is 16.3. The number of imide groups is 1. The zero-order valence-electron chi connectivity index (χ0n) is 15.8. The third-order valence-electron chi connectivity index (χ3n) is 6.35. The Morgan fingerprint density at radius 1 is 1.03 bits per heavy atom. The zero-order valence-corrected chi connectivity index (χ0v) is 15.8. The fraction of sp³-hybridized carbons (Fsp3) is 0.318. The van der Waals surface area contributed by atoms with Gasteiger partial charge in [-0.1, -0.05) is 48.5 Å². The van der Waals surface area contributed by atoms with Crippen molar-refractivity contribution in [2.24, 2.45) is 11.8 Å². The number of carbonyl (C=O) groups is 3. The predicted molar refractivity (Wildman–Crippen MR) is 104 cm³/mol. The maximum Gasteiger partial charge on any atom is 0.250 e. The van der Waals surface area contributed by atoms with Crippen LogP contribution in [0.15, 0.2) is 54.6 Å². The summed E-state index contributed by atoms with van der Waals surface area (Å²) in [5.41, 5.74) is 0.741. The van der Waals surface area contributed by atoms with Gasteiger partial charge in [-0.3, -0.25) is 24.6 Å². The minimum absolute atomic E-state index is 0.150. The van der Waals surface area contributed by atoms with Crippen LogP contribution in [0.4, 0.5) is 5.69 Å². The van der Waals surface area contributed by atoms with Crippen LogP contribution in [0.2, 0.25) is 0 Å². The maximum atomic E-state index is 13.5. The fourth-order valence-corrected chi connectivity index (χ4v) is 5.08. The molecule has 3 heterocycles. The van der Waals surface area contributed by atoms with Crippen LogP contribution < -0.4 is 10.6 Å². The third kappa shape index (κ3) is 2.34. The number of hydrogen-bond donors (Lipinski definition) is 3. The van der Waals surface area contributed by atoms with Crippen molar-refractivity contribution in [3.8, 4) is 0 Å². The van der Waals surface area contributed by atoms with Crippen molar-refractivity contribution < 1.29 is 19.5 Å². The number of fused-ring (bicyclic) bond motifs is 4. The van der Waals surface area contributed by atoms with E-state index in [1.807, 2.05) is 30.3 Å². The van der Waals surface area contributed by atoms with E-state index < -0.39 is 29.5 Å². The maximum absolute atomic E-state index is 13.5. The molecule has 148 valence electrons. The van der Waals surface area contributed by atoms with Crippen molar-refractivity contribution in [1.82, 2.24) is 10.2 Å². The largest absolute Gasteiger partial charge is 0.392 e. The Kier molecular flexibility index (Phi) is 3.88. The van der Waals surface area contributed by atoms with Gasteiger partial charge in [0.15, 0.2) is 0 Å². The second-order valence-electron chi connectivity index (χ2n) is 7.97. The summed E-state index contributed by atoms with van der Waals surface area (Å²) in [5.74, 6) is -2.80. The lowest BCUT2D eigenvalue weighted by molar-refractivity contribution is -0.143. The van der Waals surface area contributed by atoms with Gasteiger partial charge >= 0.3 is 0 Å². The number of anilines is 1. The number of amides is 3. The van der Waals surface area contributed by atoms with Gasteiger partial charge < -0.3 is 10.4 Å². The average molecular weight is 391 g/mol. The molecule has 2 fully saturated rings. The normalized spacial score (nSPS) is 31.2. The lowest BCUT2D eigenvalue weighted by atomic mass is 9.76. The summed E-state index contributed by atoms with van der Waals surface area (Å²) in [7, 11) is 0.